The van der Waals surface area contributed by atoms with Gasteiger partial charge in [0.2, 0.25) is 5.56 Å². The molecule has 0 aliphatic carbocycles. The number of amides is 1. The minimum atomic E-state index is -0.433. The number of halogens is 1. The van der Waals surface area contributed by atoms with Crippen molar-refractivity contribution >= 4 is 16.8 Å². The van der Waals surface area contributed by atoms with E-state index in [-0.39, 0.29) is 11.5 Å². The highest BCUT2D eigenvalue weighted by Gasteiger charge is 2.30. The normalized spacial score (nSPS) is 21.8. The number of hydrogen-bond donors (Lipinski definition) is 2. The second-order valence-electron chi connectivity index (χ2n) is 7.07. The van der Waals surface area contributed by atoms with Crippen LogP contribution in [0.15, 0.2) is 29.1 Å². The Morgan fingerprint density at radius 1 is 1.16 bits per heavy atom. The fraction of sp³-hybridized carbons (Fsp3) is 0.474. The molecular weight excluding hydrogens is 321 g/mol. The number of carbonyl (C=O) groups is 1. The summed E-state index contributed by atoms with van der Waals surface area (Å²) in [6, 6.07) is 6.04. The lowest BCUT2D eigenvalue weighted by molar-refractivity contribution is 0.0676. The largest absolute Gasteiger partial charge is 0.339 e. The highest BCUT2D eigenvalue weighted by atomic mass is 19.1. The summed E-state index contributed by atoms with van der Waals surface area (Å²) in [5.41, 5.74) is 0.337. The smallest absolute Gasteiger partial charge is 0.254 e. The van der Waals surface area contributed by atoms with Crippen LogP contribution in [-0.4, -0.2) is 41.5 Å². The molecule has 2 aliphatic heterocycles. The number of carbonyl (C=O) groups excluding carboxylic acids is 1. The maximum absolute atomic E-state index is 13.4. The molecule has 25 heavy (non-hydrogen) atoms. The summed E-state index contributed by atoms with van der Waals surface area (Å²) in [6.07, 6.45) is 4.43. The van der Waals surface area contributed by atoms with Gasteiger partial charge in [0.15, 0.2) is 0 Å². The maximum Gasteiger partial charge on any atom is 0.254 e. The van der Waals surface area contributed by atoms with Crippen LogP contribution < -0.4 is 10.9 Å². The molecule has 2 saturated heterocycles. The van der Waals surface area contributed by atoms with Crippen LogP contribution in [0.25, 0.3) is 10.9 Å². The van der Waals surface area contributed by atoms with Crippen molar-refractivity contribution in [2.75, 3.05) is 19.6 Å². The molecule has 1 aromatic heterocycles. The molecule has 0 bridgehead atoms. The molecule has 1 aromatic carbocycles. The molecule has 2 aliphatic rings. The lowest BCUT2D eigenvalue weighted by Crippen LogP contribution is -2.43. The summed E-state index contributed by atoms with van der Waals surface area (Å²) in [5.74, 6) is 0.0507. The summed E-state index contributed by atoms with van der Waals surface area (Å²) in [6.45, 7) is 2.51. The minimum absolute atomic E-state index is 0.138. The molecule has 2 fully saturated rings. The molecule has 1 atom stereocenters. The van der Waals surface area contributed by atoms with E-state index in [0.29, 0.717) is 41.5 Å². The van der Waals surface area contributed by atoms with E-state index in [1.54, 1.807) is 6.07 Å². The van der Waals surface area contributed by atoms with Gasteiger partial charge >= 0.3 is 0 Å². The number of nitrogens with one attached hydrogen (secondary N) is 2. The first-order chi connectivity index (χ1) is 12.1. The Labute approximate surface area is 145 Å². The van der Waals surface area contributed by atoms with Crippen LogP contribution in [0.4, 0.5) is 4.39 Å². The van der Waals surface area contributed by atoms with Crippen molar-refractivity contribution in [1.82, 2.24) is 15.2 Å². The number of piperidine rings is 1. The molecule has 1 unspecified atom stereocenters. The van der Waals surface area contributed by atoms with Crippen molar-refractivity contribution in [3.63, 3.8) is 0 Å². The molecule has 0 radical (unpaired) electrons. The van der Waals surface area contributed by atoms with Crippen molar-refractivity contribution in [3.8, 4) is 0 Å². The number of pyridine rings is 1. The number of H-pyrrole nitrogens is 1. The Morgan fingerprint density at radius 2 is 1.96 bits per heavy atom. The van der Waals surface area contributed by atoms with E-state index >= 15 is 0 Å². The Balaban J connectivity index is 1.55. The number of likely N-dealkylation sites (tertiary alicyclic amines) is 1. The van der Waals surface area contributed by atoms with Gasteiger partial charge in [-0.15, -0.1) is 0 Å². The van der Waals surface area contributed by atoms with Gasteiger partial charge in [0.25, 0.3) is 5.91 Å². The van der Waals surface area contributed by atoms with Crippen LogP contribution in [0.2, 0.25) is 0 Å². The second-order valence-corrected chi connectivity index (χ2v) is 7.07. The topological polar surface area (TPSA) is 65.2 Å². The molecule has 0 spiro atoms. The summed E-state index contributed by atoms with van der Waals surface area (Å²) >= 11 is 0. The van der Waals surface area contributed by atoms with E-state index in [4.69, 9.17) is 0 Å². The minimum Gasteiger partial charge on any atom is -0.339 e. The molecule has 2 aromatic rings. The first-order valence-corrected chi connectivity index (χ1v) is 8.97. The number of aromatic nitrogens is 1. The molecule has 4 rings (SSSR count). The molecule has 6 heteroatoms. The molecule has 1 amide bonds. The zero-order valence-corrected chi connectivity index (χ0v) is 14.1. The van der Waals surface area contributed by atoms with E-state index < -0.39 is 5.82 Å². The summed E-state index contributed by atoms with van der Waals surface area (Å²) in [4.78, 5) is 29.2. The average molecular weight is 343 g/mol. The molecule has 5 nitrogen and oxygen atoms in total. The summed E-state index contributed by atoms with van der Waals surface area (Å²) in [7, 11) is 0. The van der Waals surface area contributed by atoms with Gasteiger partial charge in [-0.2, -0.15) is 0 Å². The van der Waals surface area contributed by atoms with Gasteiger partial charge < -0.3 is 15.2 Å². The Kier molecular flexibility index (Phi) is 4.29. The fourth-order valence-corrected chi connectivity index (χ4v) is 4.20. The number of benzene rings is 1. The molecule has 2 N–H and O–H groups in total. The van der Waals surface area contributed by atoms with E-state index in [9.17, 15) is 14.0 Å². The third-order valence-electron chi connectivity index (χ3n) is 5.53. The highest BCUT2D eigenvalue weighted by molar-refractivity contribution is 6.06. The lowest BCUT2D eigenvalue weighted by Gasteiger charge is -2.35. The van der Waals surface area contributed by atoms with E-state index in [0.717, 1.165) is 19.4 Å². The van der Waals surface area contributed by atoms with Gasteiger partial charge in [-0.25, -0.2) is 4.39 Å². The lowest BCUT2D eigenvalue weighted by atomic mass is 9.88. The van der Waals surface area contributed by atoms with Crippen LogP contribution in [0.5, 0.6) is 0 Å². The average Bonchev–Trinajstić information content (AvgIpc) is 3.15. The summed E-state index contributed by atoms with van der Waals surface area (Å²) < 4.78 is 13.4. The number of hydrogen-bond acceptors (Lipinski definition) is 3. The zero-order valence-electron chi connectivity index (χ0n) is 14.1. The van der Waals surface area contributed by atoms with Gasteiger partial charge in [-0.1, -0.05) is 0 Å². The van der Waals surface area contributed by atoms with Gasteiger partial charge in [0, 0.05) is 30.6 Å². The Bertz CT molecular complexity index is 849. The fourth-order valence-electron chi connectivity index (χ4n) is 4.20. The van der Waals surface area contributed by atoms with Crippen molar-refractivity contribution in [2.45, 2.75) is 31.7 Å². The highest BCUT2D eigenvalue weighted by Crippen LogP contribution is 2.27. The molecular formula is C19H22FN3O2. The van der Waals surface area contributed by atoms with Crippen LogP contribution in [0.3, 0.4) is 0 Å². The zero-order chi connectivity index (χ0) is 17.4. The molecule has 132 valence electrons. The molecule has 0 saturated carbocycles. The van der Waals surface area contributed by atoms with E-state index in [2.05, 4.69) is 10.3 Å². The SMILES string of the molecule is O=C(c1cc(=O)[nH]c2cc(F)ccc12)N1CCC(C2CCCN2)CC1. The van der Waals surface area contributed by atoms with Gasteiger partial charge in [-0.05, 0) is 56.3 Å². The number of aromatic amines is 1. The van der Waals surface area contributed by atoms with Crippen LogP contribution in [0.1, 0.15) is 36.0 Å². The van der Waals surface area contributed by atoms with Crippen LogP contribution >= 0.6 is 0 Å². The van der Waals surface area contributed by atoms with Crippen molar-refractivity contribution in [1.29, 1.82) is 0 Å². The standard InChI is InChI=1S/C19H22FN3O2/c20-13-3-4-14-15(11-18(24)22-17(14)10-13)19(25)23-8-5-12(6-9-23)16-2-1-7-21-16/h3-4,10-12,16,21H,1-2,5-9H2,(H,22,24). The van der Waals surface area contributed by atoms with Crippen LogP contribution in [-0.2, 0) is 0 Å². The van der Waals surface area contributed by atoms with Crippen molar-refractivity contribution in [2.24, 2.45) is 5.92 Å². The van der Waals surface area contributed by atoms with Gasteiger partial charge in [0.1, 0.15) is 5.82 Å². The van der Waals surface area contributed by atoms with E-state index in [1.807, 2.05) is 4.90 Å². The monoisotopic (exact) mass is 343 g/mol. The van der Waals surface area contributed by atoms with Crippen LogP contribution in [0, 0.1) is 11.7 Å². The first kappa shape index (κ1) is 16.3. The van der Waals surface area contributed by atoms with Gasteiger partial charge in [-0.3, -0.25) is 9.59 Å². The second kappa shape index (κ2) is 6.59. The Morgan fingerprint density at radius 3 is 2.68 bits per heavy atom. The molecule has 3 heterocycles. The Hall–Kier alpha value is -2.21. The number of rotatable bonds is 2. The van der Waals surface area contributed by atoms with Gasteiger partial charge in [0.05, 0.1) is 11.1 Å². The first-order valence-electron chi connectivity index (χ1n) is 8.97. The summed E-state index contributed by atoms with van der Waals surface area (Å²) in [5, 5.41) is 4.14. The third-order valence-corrected chi connectivity index (χ3v) is 5.53. The predicted octanol–water partition coefficient (Wildman–Crippen LogP) is 2.27. The number of fused-ring (bicyclic) bond motifs is 1. The van der Waals surface area contributed by atoms with E-state index in [1.165, 1.54) is 31.0 Å². The van der Waals surface area contributed by atoms with Crippen molar-refractivity contribution in [3.05, 3.63) is 46.0 Å². The number of nitrogens with zero attached hydrogens (tertiary/aromatic N) is 1. The quantitative estimate of drug-likeness (QED) is 0.879. The maximum atomic E-state index is 13.4. The third kappa shape index (κ3) is 3.18. The predicted molar refractivity (Wildman–Crippen MR) is 94.2 cm³/mol. The van der Waals surface area contributed by atoms with Crippen molar-refractivity contribution < 1.29 is 9.18 Å².